The van der Waals surface area contributed by atoms with E-state index in [1.807, 2.05) is 0 Å². The van der Waals surface area contributed by atoms with Crippen molar-refractivity contribution in [2.45, 2.75) is 51.5 Å². The van der Waals surface area contributed by atoms with Crippen LogP contribution in [0.25, 0.3) is 11.3 Å². The molecule has 0 radical (unpaired) electrons. The number of ether oxygens (including phenoxy) is 1. The molecule has 0 unspecified atom stereocenters. The van der Waals surface area contributed by atoms with Gasteiger partial charge in [-0.05, 0) is 73.9 Å². The predicted octanol–water partition coefficient (Wildman–Crippen LogP) is 5.52. The van der Waals surface area contributed by atoms with Crippen molar-refractivity contribution in [2.24, 2.45) is 0 Å². The van der Waals surface area contributed by atoms with Gasteiger partial charge < -0.3 is 9.30 Å². The second-order valence-electron chi connectivity index (χ2n) is 6.76. The van der Waals surface area contributed by atoms with E-state index < -0.39 is 0 Å². The lowest BCUT2D eigenvalue weighted by Crippen LogP contribution is -2.10. The van der Waals surface area contributed by atoms with Crippen molar-refractivity contribution in [3.63, 3.8) is 0 Å². The van der Waals surface area contributed by atoms with E-state index in [1.165, 1.54) is 24.9 Å². The number of methoxy groups -OCH3 is 1. The van der Waals surface area contributed by atoms with Crippen molar-refractivity contribution >= 4 is 21.9 Å². The van der Waals surface area contributed by atoms with Crippen molar-refractivity contribution in [3.8, 4) is 11.3 Å². The highest BCUT2D eigenvalue weighted by molar-refractivity contribution is 9.09. The molecule has 0 saturated heterocycles. The van der Waals surface area contributed by atoms with E-state index in [1.54, 1.807) is 12.1 Å². The third-order valence-corrected chi connectivity index (χ3v) is 5.66. The predicted molar refractivity (Wildman–Crippen MR) is 105 cm³/mol. The number of nitrogens with zero attached hydrogens (tertiary/aromatic N) is 1. The normalized spacial score (nSPS) is 13.5. The van der Waals surface area contributed by atoms with E-state index in [4.69, 9.17) is 4.74 Å². The van der Waals surface area contributed by atoms with Gasteiger partial charge in [0.1, 0.15) is 5.82 Å². The fourth-order valence-corrected chi connectivity index (χ4v) is 4.28. The SMILES string of the molecule is COC(=O)c1c2c(n(CCCCCBr)c1-c1ccc(F)cc1)CCCC2. The van der Waals surface area contributed by atoms with E-state index in [-0.39, 0.29) is 11.8 Å². The number of rotatable bonds is 7. The molecule has 1 aromatic heterocycles. The highest BCUT2D eigenvalue weighted by atomic mass is 79.9. The van der Waals surface area contributed by atoms with Gasteiger partial charge in [-0.15, -0.1) is 0 Å². The van der Waals surface area contributed by atoms with Gasteiger partial charge >= 0.3 is 5.97 Å². The molecular formula is C21H25BrFNO2. The minimum Gasteiger partial charge on any atom is -0.465 e. The van der Waals surface area contributed by atoms with Gasteiger partial charge in [0.15, 0.2) is 0 Å². The van der Waals surface area contributed by atoms with Crippen LogP contribution in [0.15, 0.2) is 24.3 Å². The molecule has 26 heavy (non-hydrogen) atoms. The van der Waals surface area contributed by atoms with Crippen molar-refractivity contribution in [1.29, 1.82) is 0 Å². The Morgan fingerprint density at radius 1 is 1.15 bits per heavy atom. The Bertz CT molecular complexity index is 767. The molecule has 0 amide bonds. The van der Waals surface area contributed by atoms with Crippen LogP contribution in [-0.2, 0) is 24.1 Å². The minimum atomic E-state index is -0.290. The average Bonchev–Trinajstić information content (AvgIpc) is 2.99. The standard InChI is InChI=1S/C21H25BrFNO2/c1-26-21(25)19-17-7-3-4-8-18(17)24(14-6-2-5-13-22)20(19)15-9-11-16(23)12-10-15/h9-12H,2-8,13-14H2,1H3. The Kier molecular flexibility index (Phi) is 6.52. The van der Waals surface area contributed by atoms with Gasteiger partial charge in [-0.2, -0.15) is 0 Å². The van der Waals surface area contributed by atoms with E-state index in [0.717, 1.165) is 73.6 Å². The van der Waals surface area contributed by atoms with Gasteiger partial charge in [0.25, 0.3) is 0 Å². The topological polar surface area (TPSA) is 31.2 Å². The minimum absolute atomic E-state index is 0.270. The Labute approximate surface area is 162 Å². The summed E-state index contributed by atoms with van der Waals surface area (Å²) >= 11 is 3.48. The van der Waals surface area contributed by atoms with E-state index in [2.05, 4.69) is 20.5 Å². The zero-order valence-corrected chi connectivity index (χ0v) is 16.8. The monoisotopic (exact) mass is 421 g/mol. The van der Waals surface area contributed by atoms with Crippen molar-refractivity contribution in [1.82, 2.24) is 4.57 Å². The van der Waals surface area contributed by atoms with E-state index in [0.29, 0.717) is 5.56 Å². The summed E-state index contributed by atoms with van der Waals surface area (Å²) in [6, 6.07) is 6.43. The quantitative estimate of drug-likeness (QED) is 0.334. The molecule has 0 atom stereocenters. The number of hydrogen-bond acceptors (Lipinski definition) is 2. The molecule has 3 rings (SSSR count). The average molecular weight is 422 g/mol. The summed E-state index contributed by atoms with van der Waals surface area (Å²) < 4.78 is 20.8. The summed E-state index contributed by atoms with van der Waals surface area (Å²) in [5.74, 6) is -0.560. The molecule has 5 heteroatoms. The zero-order valence-electron chi connectivity index (χ0n) is 15.2. The van der Waals surface area contributed by atoms with Gasteiger partial charge in [0.2, 0.25) is 0 Å². The fourth-order valence-electron chi connectivity index (χ4n) is 3.89. The van der Waals surface area contributed by atoms with Gasteiger partial charge in [-0.1, -0.05) is 22.4 Å². The third kappa shape index (κ3) is 3.88. The number of alkyl halides is 1. The molecule has 1 aliphatic rings. The van der Waals surface area contributed by atoms with Crippen molar-refractivity contribution < 1.29 is 13.9 Å². The molecule has 0 fully saturated rings. The maximum absolute atomic E-state index is 13.4. The van der Waals surface area contributed by atoms with Crippen LogP contribution in [0, 0.1) is 5.82 Å². The van der Waals surface area contributed by atoms with Gasteiger partial charge in [0, 0.05) is 17.6 Å². The van der Waals surface area contributed by atoms with Crippen molar-refractivity contribution in [3.05, 3.63) is 46.9 Å². The highest BCUT2D eigenvalue weighted by Gasteiger charge is 2.29. The second kappa shape index (κ2) is 8.85. The van der Waals surface area contributed by atoms with Gasteiger partial charge in [-0.25, -0.2) is 9.18 Å². The molecule has 0 N–H and O–H groups in total. The number of benzene rings is 1. The Morgan fingerprint density at radius 2 is 1.88 bits per heavy atom. The number of carbonyl (C=O) groups excluding carboxylic acids is 1. The number of halogens is 2. The van der Waals surface area contributed by atoms with E-state index in [9.17, 15) is 9.18 Å². The highest BCUT2D eigenvalue weighted by Crippen LogP contribution is 2.37. The van der Waals surface area contributed by atoms with Crippen LogP contribution in [0.3, 0.4) is 0 Å². The number of aromatic nitrogens is 1. The van der Waals surface area contributed by atoms with Crippen LogP contribution in [0.2, 0.25) is 0 Å². The number of fused-ring (bicyclic) bond motifs is 1. The molecule has 0 aliphatic heterocycles. The van der Waals surface area contributed by atoms with Crippen LogP contribution >= 0.6 is 15.9 Å². The first-order valence-corrected chi connectivity index (χ1v) is 10.4. The molecule has 0 bridgehead atoms. The first-order valence-electron chi connectivity index (χ1n) is 9.31. The van der Waals surface area contributed by atoms with Crippen LogP contribution in [-0.4, -0.2) is 23.0 Å². The van der Waals surface area contributed by atoms with Crippen LogP contribution in [0.5, 0.6) is 0 Å². The molecule has 0 saturated carbocycles. The fraction of sp³-hybridized carbons (Fsp3) is 0.476. The molecule has 0 spiro atoms. The Hall–Kier alpha value is -1.62. The van der Waals surface area contributed by atoms with Crippen LogP contribution in [0.4, 0.5) is 4.39 Å². The van der Waals surface area contributed by atoms with Crippen LogP contribution in [0.1, 0.15) is 53.7 Å². The molecule has 3 nitrogen and oxygen atoms in total. The lowest BCUT2D eigenvalue weighted by atomic mass is 9.93. The summed E-state index contributed by atoms with van der Waals surface area (Å²) in [5, 5.41) is 1.01. The number of hydrogen-bond donors (Lipinski definition) is 0. The van der Waals surface area contributed by atoms with Crippen molar-refractivity contribution in [2.75, 3.05) is 12.4 Å². The summed E-state index contributed by atoms with van der Waals surface area (Å²) in [5.41, 5.74) is 4.83. The van der Waals surface area contributed by atoms with Gasteiger partial charge in [0.05, 0.1) is 18.4 Å². The lowest BCUT2D eigenvalue weighted by molar-refractivity contribution is 0.0600. The molecule has 1 heterocycles. The third-order valence-electron chi connectivity index (χ3n) is 5.10. The molecule has 1 aromatic carbocycles. The summed E-state index contributed by atoms with van der Waals surface area (Å²) in [7, 11) is 1.43. The maximum Gasteiger partial charge on any atom is 0.340 e. The number of unbranched alkanes of at least 4 members (excludes halogenated alkanes) is 2. The van der Waals surface area contributed by atoms with E-state index >= 15 is 0 Å². The van der Waals surface area contributed by atoms with Crippen LogP contribution < -0.4 is 0 Å². The second-order valence-corrected chi connectivity index (χ2v) is 7.55. The zero-order chi connectivity index (χ0) is 18.5. The smallest absolute Gasteiger partial charge is 0.340 e. The maximum atomic E-state index is 13.4. The number of esters is 1. The molecule has 2 aromatic rings. The Morgan fingerprint density at radius 3 is 2.58 bits per heavy atom. The van der Waals surface area contributed by atoms with Gasteiger partial charge in [-0.3, -0.25) is 0 Å². The first-order chi connectivity index (χ1) is 12.7. The summed E-state index contributed by atoms with van der Waals surface area (Å²) in [6.45, 7) is 0.874. The molecule has 140 valence electrons. The lowest BCUT2D eigenvalue weighted by Gasteiger charge is -2.17. The molecular weight excluding hydrogens is 397 g/mol. The summed E-state index contributed by atoms with van der Waals surface area (Å²) in [4.78, 5) is 12.6. The first kappa shape index (κ1) is 19.2. The largest absolute Gasteiger partial charge is 0.465 e. The molecule has 1 aliphatic carbocycles. The number of carbonyl (C=O) groups is 1. The Balaban J connectivity index is 2.11. The summed E-state index contributed by atoms with van der Waals surface area (Å²) in [6.07, 6.45) is 7.45.